The van der Waals surface area contributed by atoms with E-state index in [1.54, 1.807) is 7.11 Å². The minimum Gasteiger partial charge on any atom is -0.367 e. The molecule has 2 nitrogen and oxygen atoms in total. The van der Waals surface area contributed by atoms with Crippen LogP contribution >= 0.6 is 0 Å². The van der Waals surface area contributed by atoms with E-state index in [4.69, 9.17) is 4.74 Å². The van der Waals surface area contributed by atoms with Gasteiger partial charge in [-0.3, -0.25) is 5.32 Å². The molecule has 0 amide bonds. The molecule has 49 valence electrons. The molecule has 0 heterocycles. The van der Waals surface area contributed by atoms with Crippen LogP contribution in [-0.2, 0) is 4.74 Å². The van der Waals surface area contributed by atoms with Crippen molar-refractivity contribution < 1.29 is 4.74 Å². The lowest BCUT2D eigenvalue weighted by molar-refractivity contribution is 0.103. The summed E-state index contributed by atoms with van der Waals surface area (Å²) < 4.78 is 4.84. The molecule has 0 rings (SSSR count). The fourth-order valence-electron chi connectivity index (χ4n) is 0.440. The monoisotopic (exact) mass is 116 g/mol. The quantitative estimate of drug-likeness (QED) is 0.550. The lowest BCUT2D eigenvalue weighted by Gasteiger charge is -2.13. The Morgan fingerprint density at radius 2 is 2.00 bits per heavy atom. The average Bonchev–Trinajstić information content (AvgIpc) is 1.65. The highest BCUT2D eigenvalue weighted by Gasteiger charge is 1.97. The van der Waals surface area contributed by atoms with Crippen molar-refractivity contribution in [2.75, 3.05) is 7.11 Å². The fraction of sp³-hybridized carbons (Fsp3) is 0.833. The van der Waals surface area contributed by atoms with Crippen LogP contribution in [0.3, 0.4) is 0 Å². The van der Waals surface area contributed by atoms with Crippen LogP contribution in [0.25, 0.3) is 0 Å². The van der Waals surface area contributed by atoms with E-state index < -0.39 is 0 Å². The molecule has 1 atom stereocenters. The molecule has 0 aromatic heterocycles. The second kappa shape index (κ2) is 3.87. The van der Waals surface area contributed by atoms with Crippen LogP contribution in [0.1, 0.15) is 13.8 Å². The molecule has 1 radical (unpaired) electrons. The maximum absolute atomic E-state index is 4.84. The van der Waals surface area contributed by atoms with Gasteiger partial charge in [-0.2, -0.15) is 0 Å². The molecule has 0 saturated heterocycles. The number of rotatable bonds is 3. The second-order valence-corrected chi connectivity index (χ2v) is 2.05. The van der Waals surface area contributed by atoms with Crippen molar-refractivity contribution in [3.8, 4) is 0 Å². The molecule has 0 aliphatic heterocycles. The molecule has 0 aromatic carbocycles. The zero-order chi connectivity index (χ0) is 6.57. The Bertz CT molecular complexity index is 54.5. The summed E-state index contributed by atoms with van der Waals surface area (Å²) in [5.41, 5.74) is 0. The first-order valence-electron chi connectivity index (χ1n) is 2.78. The summed E-state index contributed by atoms with van der Waals surface area (Å²) in [7, 11) is 1.63. The first-order valence-corrected chi connectivity index (χ1v) is 2.78. The second-order valence-electron chi connectivity index (χ2n) is 2.05. The Morgan fingerprint density at radius 3 is 2.12 bits per heavy atom. The number of hydrogen-bond donors (Lipinski definition) is 1. The van der Waals surface area contributed by atoms with E-state index in [1.165, 1.54) is 0 Å². The van der Waals surface area contributed by atoms with E-state index in [9.17, 15) is 0 Å². The highest BCUT2D eigenvalue weighted by atomic mass is 16.5. The van der Waals surface area contributed by atoms with E-state index in [2.05, 4.69) is 26.1 Å². The van der Waals surface area contributed by atoms with Gasteiger partial charge in [-0.05, 0) is 20.8 Å². The van der Waals surface area contributed by atoms with Crippen molar-refractivity contribution >= 4 is 0 Å². The maximum Gasteiger partial charge on any atom is 0.108 e. The SMILES string of the molecule is [CH2]C(NC(C)C)OC. The molecule has 1 N–H and O–H groups in total. The number of nitrogens with one attached hydrogen (secondary N) is 1. The summed E-state index contributed by atoms with van der Waals surface area (Å²) in [4.78, 5) is 0. The normalized spacial score (nSPS) is 14.6. The van der Waals surface area contributed by atoms with Crippen LogP contribution < -0.4 is 5.32 Å². The fourth-order valence-corrected chi connectivity index (χ4v) is 0.440. The molecule has 8 heavy (non-hydrogen) atoms. The van der Waals surface area contributed by atoms with Gasteiger partial charge in [-0.25, -0.2) is 0 Å². The smallest absolute Gasteiger partial charge is 0.108 e. The van der Waals surface area contributed by atoms with Crippen LogP contribution in [0.15, 0.2) is 0 Å². The van der Waals surface area contributed by atoms with Crippen molar-refractivity contribution in [3.05, 3.63) is 6.92 Å². The van der Waals surface area contributed by atoms with Gasteiger partial charge >= 0.3 is 0 Å². The Labute approximate surface area is 51.2 Å². The molecule has 0 spiro atoms. The molecule has 0 aliphatic carbocycles. The first-order chi connectivity index (χ1) is 3.66. The predicted molar refractivity (Wildman–Crippen MR) is 34.4 cm³/mol. The Hall–Kier alpha value is -0.0800. The van der Waals surface area contributed by atoms with Crippen LogP contribution in [0.4, 0.5) is 0 Å². The largest absolute Gasteiger partial charge is 0.367 e. The molecule has 0 fully saturated rings. The van der Waals surface area contributed by atoms with Gasteiger partial charge in [-0.1, -0.05) is 0 Å². The summed E-state index contributed by atoms with van der Waals surface area (Å²) in [5, 5.41) is 3.06. The average molecular weight is 116 g/mol. The lowest BCUT2D eigenvalue weighted by atomic mass is 10.4. The Balaban J connectivity index is 3.10. The maximum atomic E-state index is 4.84. The molecule has 2 heteroatoms. The zero-order valence-electron chi connectivity index (χ0n) is 5.77. The van der Waals surface area contributed by atoms with Gasteiger partial charge in [0.1, 0.15) is 6.23 Å². The molecule has 0 saturated carbocycles. The van der Waals surface area contributed by atoms with E-state index in [0.29, 0.717) is 6.04 Å². The van der Waals surface area contributed by atoms with Gasteiger partial charge in [0, 0.05) is 13.2 Å². The van der Waals surface area contributed by atoms with Crippen LogP contribution in [-0.4, -0.2) is 19.4 Å². The van der Waals surface area contributed by atoms with Gasteiger partial charge in [-0.15, -0.1) is 0 Å². The van der Waals surface area contributed by atoms with Gasteiger partial charge in [0.15, 0.2) is 0 Å². The van der Waals surface area contributed by atoms with Gasteiger partial charge < -0.3 is 4.74 Å². The Kier molecular flexibility index (Phi) is 3.83. The summed E-state index contributed by atoms with van der Waals surface area (Å²) >= 11 is 0. The standard InChI is InChI=1S/C6H14NO/c1-5(2)7-6(3)8-4/h5-7H,3H2,1-2,4H3. The van der Waals surface area contributed by atoms with Gasteiger partial charge in [0.05, 0.1) is 0 Å². The molecule has 0 aliphatic rings. The van der Waals surface area contributed by atoms with Crippen molar-refractivity contribution in [1.29, 1.82) is 0 Å². The topological polar surface area (TPSA) is 21.3 Å². The third kappa shape index (κ3) is 4.09. The number of ether oxygens (including phenoxy) is 1. The summed E-state index contributed by atoms with van der Waals surface area (Å²) in [6, 6.07) is 0.442. The summed E-state index contributed by atoms with van der Waals surface area (Å²) in [5.74, 6) is 0. The van der Waals surface area contributed by atoms with E-state index in [-0.39, 0.29) is 6.23 Å². The van der Waals surface area contributed by atoms with Crippen molar-refractivity contribution in [1.82, 2.24) is 5.32 Å². The van der Waals surface area contributed by atoms with Crippen molar-refractivity contribution in [2.24, 2.45) is 0 Å². The third-order valence-corrected chi connectivity index (χ3v) is 0.804. The molecular formula is C6H14NO. The molecule has 1 unspecified atom stereocenters. The molecule has 0 aromatic rings. The summed E-state index contributed by atoms with van der Waals surface area (Å²) in [6.07, 6.45) is -0.0741. The van der Waals surface area contributed by atoms with Gasteiger partial charge in [0.2, 0.25) is 0 Å². The highest BCUT2D eigenvalue weighted by molar-refractivity contribution is 4.59. The third-order valence-electron chi connectivity index (χ3n) is 0.804. The van der Waals surface area contributed by atoms with E-state index >= 15 is 0 Å². The minimum atomic E-state index is -0.0741. The van der Waals surface area contributed by atoms with E-state index in [0.717, 1.165) is 0 Å². The van der Waals surface area contributed by atoms with Crippen LogP contribution in [0.2, 0.25) is 0 Å². The van der Waals surface area contributed by atoms with Gasteiger partial charge in [0.25, 0.3) is 0 Å². The zero-order valence-corrected chi connectivity index (χ0v) is 5.77. The first kappa shape index (κ1) is 7.92. The van der Waals surface area contributed by atoms with Crippen molar-refractivity contribution in [2.45, 2.75) is 26.1 Å². The number of methoxy groups -OCH3 is 1. The lowest BCUT2D eigenvalue weighted by Crippen LogP contribution is -2.33. The predicted octanol–water partition coefficient (Wildman–Crippen LogP) is 0.791. The number of hydrogen-bond acceptors (Lipinski definition) is 2. The molecule has 0 bridgehead atoms. The van der Waals surface area contributed by atoms with Crippen LogP contribution in [0.5, 0.6) is 0 Å². The van der Waals surface area contributed by atoms with Crippen LogP contribution in [0, 0.1) is 6.92 Å². The summed E-state index contributed by atoms with van der Waals surface area (Å²) in [6.45, 7) is 7.77. The van der Waals surface area contributed by atoms with E-state index in [1.807, 2.05) is 0 Å². The van der Waals surface area contributed by atoms with Crippen molar-refractivity contribution in [3.63, 3.8) is 0 Å². The minimum absolute atomic E-state index is 0.0741. The molecular weight excluding hydrogens is 102 g/mol. The Morgan fingerprint density at radius 1 is 1.50 bits per heavy atom. The highest BCUT2D eigenvalue weighted by Crippen LogP contribution is 1.83.